The number of hydrogen-bond acceptors (Lipinski definition) is 4. The molecule has 2 rings (SSSR count). The van der Waals surface area contributed by atoms with E-state index in [1.807, 2.05) is 0 Å². The number of aryl methyl sites for hydroxylation is 4. The van der Waals surface area contributed by atoms with Gasteiger partial charge in [0, 0.05) is 6.61 Å². The molecule has 0 N–H and O–H groups in total. The third-order valence-electron chi connectivity index (χ3n) is 5.29. The molecule has 0 aromatic heterocycles. The van der Waals surface area contributed by atoms with Crippen LogP contribution in [0.3, 0.4) is 0 Å². The van der Waals surface area contributed by atoms with Crippen LogP contribution in [0.4, 0.5) is 11.4 Å². The lowest BCUT2D eigenvalue weighted by Crippen LogP contribution is -2.27. The summed E-state index contributed by atoms with van der Waals surface area (Å²) in [6, 6.07) is 12.6. The standard InChI is InChI=1S/C27H40N2O2Si/c1-20-12-9-13-21(2)26(20)28-24(5)25(29-27-22(3)14-10-15-23(27)4)16-11-17-30-18-19-31-32(6,7)8/h9-10,12-15H,11,16-19H2,1-8H3. The van der Waals surface area contributed by atoms with E-state index in [1.54, 1.807) is 0 Å². The average Bonchev–Trinajstić information content (AvgIpc) is 2.70. The van der Waals surface area contributed by atoms with Gasteiger partial charge in [-0.25, -0.2) is 0 Å². The van der Waals surface area contributed by atoms with Crippen molar-refractivity contribution < 1.29 is 9.16 Å². The van der Waals surface area contributed by atoms with Gasteiger partial charge in [-0.2, -0.15) is 0 Å². The van der Waals surface area contributed by atoms with Crippen molar-refractivity contribution in [3.63, 3.8) is 0 Å². The lowest BCUT2D eigenvalue weighted by molar-refractivity contribution is 0.0972. The summed E-state index contributed by atoms with van der Waals surface area (Å²) in [7, 11) is -1.47. The van der Waals surface area contributed by atoms with Gasteiger partial charge < -0.3 is 9.16 Å². The zero-order valence-corrected chi connectivity index (χ0v) is 22.2. The molecule has 174 valence electrons. The molecule has 0 atom stereocenters. The van der Waals surface area contributed by atoms with Crippen LogP contribution in [0.15, 0.2) is 46.4 Å². The highest BCUT2D eigenvalue weighted by atomic mass is 28.4. The molecule has 0 radical (unpaired) electrons. The van der Waals surface area contributed by atoms with Crippen molar-refractivity contribution in [1.82, 2.24) is 0 Å². The Labute approximate surface area is 195 Å². The second kappa shape index (κ2) is 12.2. The summed E-state index contributed by atoms with van der Waals surface area (Å²) in [6.07, 6.45) is 1.72. The molecule has 0 amide bonds. The summed E-state index contributed by atoms with van der Waals surface area (Å²) in [5.74, 6) is 0. The number of para-hydroxylation sites is 2. The van der Waals surface area contributed by atoms with E-state index >= 15 is 0 Å². The van der Waals surface area contributed by atoms with E-state index in [2.05, 4.69) is 90.7 Å². The summed E-state index contributed by atoms with van der Waals surface area (Å²) in [5, 5.41) is 0. The van der Waals surface area contributed by atoms with Crippen molar-refractivity contribution in [3.05, 3.63) is 58.7 Å². The van der Waals surface area contributed by atoms with Crippen LogP contribution in [-0.4, -0.2) is 39.6 Å². The quantitative estimate of drug-likeness (QED) is 0.202. The fourth-order valence-corrected chi connectivity index (χ4v) is 4.20. The predicted molar refractivity (Wildman–Crippen MR) is 141 cm³/mol. The van der Waals surface area contributed by atoms with Gasteiger partial charge in [-0.15, -0.1) is 0 Å². The molecule has 2 aromatic carbocycles. The molecule has 32 heavy (non-hydrogen) atoms. The van der Waals surface area contributed by atoms with Gasteiger partial charge in [-0.3, -0.25) is 9.98 Å². The molecule has 0 unspecified atom stereocenters. The van der Waals surface area contributed by atoms with E-state index in [0.717, 1.165) is 35.6 Å². The van der Waals surface area contributed by atoms with Gasteiger partial charge in [-0.05, 0) is 89.4 Å². The summed E-state index contributed by atoms with van der Waals surface area (Å²) >= 11 is 0. The van der Waals surface area contributed by atoms with E-state index in [9.17, 15) is 0 Å². The lowest BCUT2D eigenvalue weighted by atomic mass is 10.1. The van der Waals surface area contributed by atoms with E-state index < -0.39 is 8.32 Å². The molecular weight excluding hydrogens is 412 g/mol. The van der Waals surface area contributed by atoms with Crippen LogP contribution >= 0.6 is 0 Å². The van der Waals surface area contributed by atoms with Crippen LogP contribution in [0, 0.1) is 27.7 Å². The Morgan fingerprint density at radius 1 is 0.750 bits per heavy atom. The van der Waals surface area contributed by atoms with Crippen molar-refractivity contribution in [2.24, 2.45) is 9.98 Å². The molecule has 0 bridgehead atoms. The Bertz CT molecular complexity index is 918. The molecule has 5 heteroatoms. The van der Waals surface area contributed by atoms with Crippen LogP contribution in [-0.2, 0) is 9.16 Å². The molecule has 0 aliphatic rings. The minimum absolute atomic E-state index is 0.642. The van der Waals surface area contributed by atoms with E-state index in [4.69, 9.17) is 19.1 Å². The molecule has 0 aliphatic carbocycles. The number of aliphatic imine (C=N–C) groups is 2. The summed E-state index contributed by atoms with van der Waals surface area (Å²) < 4.78 is 11.7. The van der Waals surface area contributed by atoms with Gasteiger partial charge in [0.25, 0.3) is 0 Å². The zero-order valence-electron chi connectivity index (χ0n) is 21.2. The smallest absolute Gasteiger partial charge is 0.183 e. The molecule has 4 nitrogen and oxygen atoms in total. The number of hydrogen-bond donors (Lipinski definition) is 0. The zero-order chi connectivity index (χ0) is 23.7. The molecule has 0 saturated heterocycles. The maximum absolute atomic E-state index is 5.86. The molecule has 0 aliphatic heterocycles. The van der Waals surface area contributed by atoms with Crippen LogP contribution in [0.5, 0.6) is 0 Å². The predicted octanol–water partition coefficient (Wildman–Crippen LogP) is 7.43. The molecule has 0 fully saturated rings. The Hall–Kier alpha value is -2.08. The first-order valence-corrected chi connectivity index (χ1v) is 15.0. The highest BCUT2D eigenvalue weighted by Gasteiger charge is 2.13. The molecule has 0 saturated carbocycles. The van der Waals surface area contributed by atoms with E-state index in [-0.39, 0.29) is 0 Å². The first-order valence-electron chi connectivity index (χ1n) is 11.6. The van der Waals surface area contributed by atoms with Crippen molar-refractivity contribution in [2.75, 3.05) is 19.8 Å². The normalized spacial score (nSPS) is 13.0. The largest absolute Gasteiger partial charge is 0.415 e. The topological polar surface area (TPSA) is 43.2 Å². The van der Waals surface area contributed by atoms with Crippen LogP contribution in [0.2, 0.25) is 19.6 Å². The second-order valence-corrected chi connectivity index (χ2v) is 13.9. The van der Waals surface area contributed by atoms with Crippen molar-refractivity contribution in [3.8, 4) is 0 Å². The fourth-order valence-electron chi connectivity index (χ4n) is 3.50. The average molecular weight is 453 g/mol. The third-order valence-corrected chi connectivity index (χ3v) is 6.36. The van der Waals surface area contributed by atoms with Gasteiger partial charge >= 0.3 is 0 Å². The fraction of sp³-hybridized carbons (Fsp3) is 0.481. The summed E-state index contributed by atoms with van der Waals surface area (Å²) in [4.78, 5) is 10.1. The highest BCUT2D eigenvalue weighted by molar-refractivity contribution is 6.69. The SMILES string of the molecule is CC(=Nc1c(C)cccc1C)C(CCCOCCO[Si](C)(C)C)=Nc1c(C)cccc1C. The van der Waals surface area contributed by atoms with Crippen LogP contribution < -0.4 is 0 Å². The number of rotatable bonds is 11. The first-order chi connectivity index (χ1) is 15.1. The van der Waals surface area contributed by atoms with Crippen molar-refractivity contribution in [2.45, 2.75) is 67.1 Å². The van der Waals surface area contributed by atoms with E-state index in [1.165, 1.54) is 22.3 Å². The first kappa shape index (κ1) is 26.2. The Balaban J connectivity index is 2.17. The minimum Gasteiger partial charge on any atom is -0.415 e. The molecule has 0 spiro atoms. The Morgan fingerprint density at radius 2 is 1.25 bits per heavy atom. The summed E-state index contributed by atoms with van der Waals surface area (Å²) in [6.45, 7) is 19.1. The van der Waals surface area contributed by atoms with Gasteiger partial charge in [0.2, 0.25) is 0 Å². The number of benzene rings is 2. The third kappa shape index (κ3) is 8.45. The van der Waals surface area contributed by atoms with Gasteiger partial charge in [-0.1, -0.05) is 36.4 Å². The molecular formula is C27H40N2O2Si. The number of nitrogens with zero attached hydrogens (tertiary/aromatic N) is 2. The van der Waals surface area contributed by atoms with Crippen LogP contribution in [0.25, 0.3) is 0 Å². The van der Waals surface area contributed by atoms with Gasteiger partial charge in [0.05, 0.1) is 36.0 Å². The van der Waals surface area contributed by atoms with Crippen LogP contribution in [0.1, 0.15) is 42.0 Å². The number of ether oxygens (including phenoxy) is 1. The van der Waals surface area contributed by atoms with Gasteiger partial charge in [0.15, 0.2) is 8.32 Å². The highest BCUT2D eigenvalue weighted by Crippen LogP contribution is 2.26. The maximum atomic E-state index is 5.86. The minimum atomic E-state index is -1.47. The van der Waals surface area contributed by atoms with Crippen molar-refractivity contribution in [1.29, 1.82) is 0 Å². The summed E-state index contributed by atoms with van der Waals surface area (Å²) in [5.41, 5.74) is 8.80. The molecule has 0 heterocycles. The maximum Gasteiger partial charge on any atom is 0.183 e. The molecule has 2 aromatic rings. The van der Waals surface area contributed by atoms with Gasteiger partial charge in [0.1, 0.15) is 0 Å². The monoisotopic (exact) mass is 452 g/mol. The lowest BCUT2D eigenvalue weighted by Gasteiger charge is -2.17. The second-order valence-electron chi connectivity index (χ2n) is 9.41. The Morgan fingerprint density at radius 3 is 1.75 bits per heavy atom. The van der Waals surface area contributed by atoms with E-state index in [0.29, 0.717) is 19.8 Å². The Kier molecular flexibility index (Phi) is 10.0. The van der Waals surface area contributed by atoms with Crippen molar-refractivity contribution >= 4 is 31.1 Å².